The molecule has 0 radical (unpaired) electrons. The van der Waals surface area contributed by atoms with Crippen molar-refractivity contribution >= 4 is 49.3 Å². The molecular formula is C30H27N3O4S. The molecule has 1 aromatic heterocycles. The second-order valence-corrected chi connectivity index (χ2v) is 10.8. The summed E-state index contributed by atoms with van der Waals surface area (Å²) in [6.45, 7) is 2.07. The van der Waals surface area contributed by atoms with Gasteiger partial charge < -0.3 is 14.2 Å². The Hall–Kier alpha value is -3.75. The maximum atomic E-state index is 13.2. The molecule has 2 aliphatic heterocycles. The maximum absolute atomic E-state index is 13.2. The van der Waals surface area contributed by atoms with E-state index >= 15 is 0 Å². The van der Waals surface area contributed by atoms with E-state index in [0.29, 0.717) is 28.6 Å². The SMILES string of the molecule is COc1cc2c3c(c4ccc(OC(=O)c5cccc6nnsc56)cc4c2cc1OC)CN1CCCCC1C3. The summed E-state index contributed by atoms with van der Waals surface area (Å²) in [5, 5.41) is 8.57. The highest BCUT2D eigenvalue weighted by Crippen LogP contribution is 2.44. The topological polar surface area (TPSA) is 73.8 Å². The number of benzene rings is 4. The van der Waals surface area contributed by atoms with Crippen molar-refractivity contribution in [3.8, 4) is 17.2 Å². The molecule has 7 rings (SSSR count). The predicted octanol–water partition coefficient (Wildman–Crippen LogP) is 6.14. The lowest BCUT2D eigenvalue weighted by atomic mass is 9.82. The van der Waals surface area contributed by atoms with E-state index < -0.39 is 5.97 Å². The first-order valence-corrected chi connectivity index (χ1v) is 13.7. The highest BCUT2D eigenvalue weighted by atomic mass is 32.1. The molecular weight excluding hydrogens is 498 g/mol. The fourth-order valence-electron chi connectivity index (χ4n) is 6.23. The lowest BCUT2D eigenvalue weighted by Crippen LogP contribution is -2.43. The number of ether oxygens (including phenoxy) is 3. The van der Waals surface area contributed by atoms with E-state index in [1.54, 1.807) is 26.4 Å². The molecule has 0 bridgehead atoms. The summed E-state index contributed by atoms with van der Waals surface area (Å²) in [4.78, 5) is 15.8. The van der Waals surface area contributed by atoms with Crippen LogP contribution in [-0.4, -0.2) is 47.3 Å². The van der Waals surface area contributed by atoms with Gasteiger partial charge in [-0.1, -0.05) is 23.0 Å². The summed E-state index contributed by atoms with van der Waals surface area (Å²) >= 11 is 1.20. The number of hydrogen-bond donors (Lipinski definition) is 0. The number of fused-ring (bicyclic) bond motifs is 8. The molecule has 4 aromatic carbocycles. The van der Waals surface area contributed by atoms with Crippen molar-refractivity contribution in [2.75, 3.05) is 20.8 Å². The van der Waals surface area contributed by atoms with Crippen LogP contribution < -0.4 is 14.2 Å². The minimum absolute atomic E-state index is 0.418. The van der Waals surface area contributed by atoms with Crippen LogP contribution in [0.4, 0.5) is 0 Å². The molecule has 3 heterocycles. The average Bonchev–Trinajstić information content (AvgIpc) is 3.45. The number of carbonyl (C=O) groups is 1. The van der Waals surface area contributed by atoms with Crippen molar-refractivity contribution in [2.45, 2.75) is 38.3 Å². The fraction of sp³-hybridized carbons (Fsp3) is 0.300. The quantitative estimate of drug-likeness (QED) is 0.158. The first-order chi connectivity index (χ1) is 18.6. The number of methoxy groups -OCH3 is 2. The smallest absolute Gasteiger partial charge is 0.345 e. The summed E-state index contributed by atoms with van der Waals surface area (Å²) in [6, 6.07) is 16.1. The Bertz CT molecular complexity index is 1730. The number of esters is 1. The number of hydrogen-bond acceptors (Lipinski definition) is 8. The highest BCUT2D eigenvalue weighted by Gasteiger charge is 2.31. The summed E-state index contributed by atoms with van der Waals surface area (Å²) in [6.07, 6.45) is 4.81. The van der Waals surface area contributed by atoms with Gasteiger partial charge >= 0.3 is 5.97 Å². The Balaban J connectivity index is 1.39. The van der Waals surface area contributed by atoms with Gasteiger partial charge in [0.15, 0.2) is 11.5 Å². The van der Waals surface area contributed by atoms with Gasteiger partial charge in [0.05, 0.1) is 24.5 Å². The minimum atomic E-state index is -0.418. The Morgan fingerprint density at radius 2 is 1.76 bits per heavy atom. The zero-order chi connectivity index (χ0) is 25.8. The lowest BCUT2D eigenvalue weighted by Gasteiger charge is -2.41. The van der Waals surface area contributed by atoms with Crippen LogP contribution in [0.5, 0.6) is 17.2 Å². The predicted molar refractivity (Wildman–Crippen MR) is 149 cm³/mol. The number of piperidine rings is 1. The number of rotatable bonds is 4. The second kappa shape index (κ2) is 9.22. The zero-order valence-electron chi connectivity index (χ0n) is 21.3. The monoisotopic (exact) mass is 525 g/mol. The van der Waals surface area contributed by atoms with Gasteiger partial charge in [-0.3, -0.25) is 4.90 Å². The zero-order valence-corrected chi connectivity index (χ0v) is 22.1. The van der Waals surface area contributed by atoms with Crippen LogP contribution in [0.2, 0.25) is 0 Å². The van der Waals surface area contributed by atoms with Gasteiger partial charge in [-0.15, -0.1) is 5.10 Å². The third kappa shape index (κ3) is 3.70. The molecule has 0 aliphatic carbocycles. The lowest BCUT2D eigenvalue weighted by molar-refractivity contribution is 0.0737. The molecule has 0 amide bonds. The molecule has 5 aromatic rings. The van der Waals surface area contributed by atoms with Gasteiger partial charge in [0, 0.05) is 12.6 Å². The molecule has 38 heavy (non-hydrogen) atoms. The summed E-state index contributed by atoms with van der Waals surface area (Å²) < 4.78 is 22.0. The molecule has 2 aliphatic rings. The van der Waals surface area contributed by atoms with Crippen molar-refractivity contribution in [1.29, 1.82) is 0 Å². The summed E-state index contributed by atoms with van der Waals surface area (Å²) in [7, 11) is 3.34. The van der Waals surface area contributed by atoms with Crippen LogP contribution >= 0.6 is 11.5 Å². The fourth-order valence-corrected chi connectivity index (χ4v) is 6.89. The van der Waals surface area contributed by atoms with E-state index in [9.17, 15) is 4.79 Å². The maximum Gasteiger partial charge on any atom is 0.345 e. The van der Waals surface area contributed by atoms with Gasteiger partial charge in [0.25, 0.3) is 0 Å². The van der Waals surface area contributed by atoms with Gasteiger partial charge in [0.2, 0.25) is 0 Å². The van der Waals surface area contributed by atoms with Crippen LogP contribution in [0, 0.1) is 0 Å². The third-order valence-corrected chi connectivity index (χ3v) is 8.85. The van der Waals surface area contributed by atoms with Crippen LogP contribution in [0.15, 0.2) is 48.5 Å². The van der Waals surface area contributed by atoms with Crippen LogP contribution in [0.1, 0.15) is 40.7 Å². The van der Waals surface area contributed by atoms with E-state index in [2.05, 4.69) is 32.7 Å². The molecule has 0 saturated carbocycles. The van der Waals surface area contributed by atoms with Crippen molar-refractivity contribution in [3.05, 3.63) is 65.2 Å². The van der Waals surface area contributed by atoms with Gasteiger partial charge in [-0.05, 0) is 106 Å². The standard InChI is InChI=1S/C30H27N3O4S/c1-35-27-14-23-21-12-17-6-3-4-11-33(17)16-25(21)19-10-9-18(13-22(19)24(23)15-28(27)36-2)37-30(34)20-7-5-8-26-29(20)38-32-31-26/h5,7-10,13-15,17H,3-4,6,11-12,16H2,1-2H3. The Labute approximate surface area is 224 Å². The molecule has 8 heteroatoms. The highest BCUT2D eigenvalue weighted by molar-refractivity contribution is 7.13. The van der Waals surface area contributed by atoms with E-state index in [1.165, 1.54) is 52.7 Å². The molecule has 1 fully saturated rings. The van der Waals surface area contributed by atoms with E-state index in [4.69, 9.17) is 14.2 Å². The molecule has 192 valence electrons. The van der Waals surface area contributed by atoms with Crippen molar-refractivity contribution in [2.24, 2.45) is 0 Å². The molecule has 0 spiro atoms. The molecule has 0 N–H and O–H groups in total. The Morgan fingerprint density at radius 1 is 0.947 bits per heavy atom. The number of aromatic nitrogens is 2. The molecule has 1 unspecified atom stereocenters. The average molecular weight is 526 g/mol. The van der Waals surface area contributed by atoms with Gasteiger partial charge in [-0.25, -0.2) is 4.79 Å². The Kier molecular flexibility index (Phi) is 5.67. The Morgan fingerprint density at radius 3 is 2.61 bits per heavy atom. The normalized spacial score (nSPS) is 17.4. The van der Waals surface area contributed by atoms with Crippen LogP contribution in [-0.2, 0) is 13.0 Å². The van der Waals surface area contributed by atoms with E-state index in [0.717, 1.165) is 40.7 Å². The first-order valence-electron chi connectivity index (χ1n) is 12.9. The van der Waals surface area contributed by atoms with Crippen LogP contribution in [0.3, 0.4) is 0 Å². The van der Waals surface area contributed by atoms with Crippen LogP contribution in [0.25, 0.3) is 31.8 Å². The molecule has 1 atom stereocenters. The van der Waals surface area contributed by atoms with Gasteiger partial charge in [0.1, 0.15) is 11.3 Å². The van der Waals surface area contributed by atoms with Gasteiger partial charge in [-0.2, -0.15) is 0 Å². The second-order valence-electron chi connectivity index (χ2n) is 10.1. The van der Waals surface area contributed by atoms with Crippen molar-refractivity contribution in [1.82, 2.24) is 14.5 Å². The molecule has 7 nitrogen and oxygen atoms in total. The first kappa shape index (κ1) is 23.4. The van der Waals surface area contributed by atoms with Crippen molar-refractivity contribution in [3.63, 3.8) is 0 Å². The summed E-state index contributed by atoms with van der Waals surface area (Å²) in [5.74, 6) is 1.49. The molecule has 1 saturated heterocycles. The minimum Gasteiger partial charge on any atom is -0.493 e. The third-order valence-electron chi connectivity index (χ3n) is 8.07. The van der Waals surface area contributed by atoms with E-state index in [1.807, 2.05) is 18.2 Å². The van der Waals surface area contributed by atoms with Crippen molar-refractivity contribution < 1.29 is 19.0 Å². The largest absolute Gasteiger partial charge is 0.493 e. The summed E-state index contributed by atoms with van der Waals surface area (Å²) in [5.41, 5.74) is 3.91. The number of carbonyl (C=O) groups excluding carboxylic acids is 1. The van der Waals surface area contributed by atoms with E-state index in [-0.39, 0.29) is 0 Å². The number of nitrogens with zero attached hydrogens (tertiary/aromatic N) is 3.